The Morgan fingerprint density at radius 3 is 3.11 bits per heavy atom. The van der Waals surface area contributed by atoms with E-state index in [0.29, 0.717) is 23.2 Å². The number of amides is 1. The van der Waals surface area contributed by atoms with E-state index in [1.165, 1.54) is 6.42 Å². The van der Waals surface area contributed by atoms with Crippen LogP contribution in [0.15, 0.2) is 36.5 Å². The molecule has 1 amide bonds. The third-order valence-electron chi connectivity index (χ3n) is 5.25. The van der Waals surface area contributed by atoms with Gasteiger partial charge in [-0.15, -0.1) is 0 Å². The summed E-state index contributed by atoms with van der Waals surface area (Å²) >= 11 is 6.01. The van der Waals surface area contributed by atoms with E-state index in [0.717, 1.165) is 48.5 Å². The molecule has 28 heavy (non-hydrogen) atoms. The summed E-state index contributed by atoms with van der Waals surface area (Å²) in [5.41, 5.74) is 2.46. The van der Waals surface area contributed by atoms with E-state index in [2.05, 4.69) is 25.2 Å². The summed E-state index contributed by atoms with van der Waals surface area (Å²) in [6, 6.07) is 9.31. The second-order valence-corrected chi connectivity index (χ2v) is 7.85. The van der Waals surface area contributed by atoms with Gasteiger partial charge in [-0.3, -0.25) is 4.79 Å². The number of carbonyl (C=O) groups excluding carboxylic acids is 1. The van der Waals surface area contributed by atoms with Crippen LogP contribution in [0.4, 0.5) is 5.95 Å². The molecule has 2 N–H and O–H groups in total. The Morgan fingerprint density at radius 1 is 1.36 bits per heavy atom. The molecule has 3 aromatic rings. The van der Waals surface area contributed by atoms with Gasteiger partial charge in [0.05, 0.1) is 0 Å². The lowest BCUT2D eigenvalue weighted by Crippen LogP contribution is -2.38. The number of aromatic nitrogens is 3. The van der Waals surface area contributed by atoms with Crippen LogP contribution in [0.3, 0.4) is 0 Å². The highest BCUT2D eigenvalue weighted by atomic mass is 35.5. The number of H-pyrrole nitrogens is 1. The van der Waals surface area contributed by atoms with Crippen LogP contribution in [0.2, 0.25) is 5.02 Å². The van der Waals surface area contributed by atoms with Crippen LogP contribution in [0.5, 0.6) is 0 Å². The SMILES string of the molecule is Cc1ccnc(N2CCCC(CCNC(=O)c3cc4cc(Cl)ccc4[nH]3)C2)n1. The molecule has 1 aromatic carbocycles. The van der Waals surface area contributed by atoms with Gasteiger partial charge < -0.3 is 15.2 Å². The van der Waals surface area contributed by atoms with Crippen LogP contribution in [0.1, 0.15) is 35.4 Å². The van der Waals surface area contributed by atoms with Gasteiger partial charge in [0.1, 0.15) is 5.69 Å². The fraction of sp³-hybridized carbons (Fsp3) is 0.381. The minimum atomic E-state index is -0.0815. The number of aromatic amines is 1. The molecular weight excluding hydrogens is 374 g/mol. The highest BCUT2D eigenvalue weighted by Gasteiger charge is 2.22. The highest BCUT2D eigenvalue weighted by molar-refractivity contribution is 6.31. The first-order chi connectivity index (χ1) is 13.6. The number of halogens is 1. The highest BCUT2D eigenvalue weighted by Crippen LogP contribution is 2.23. The zero-order valence-electron chi connectivity index (χ0n) is 15.9. The summed E-state index contributed by atoms with van der Waals surface area (Å²) in [7, 11) is 0. The quantitative estimate of drug-likeness (QED) is 0.683. The first-order valence-electron chi connectivity index (χ1n) is 9.69. The van der Waals surface area contributed by atoms with E-state index in [4.69, 9.17) is 11.6 Å². The van der Waals surface area contributed by atoms with Crippen molar-refractivity contribution >= 4 is 34.4 Å². The zero-order chi connectivity index (χ0) is 19.5. The summed E-state index contributed by atoms with van der Waals surface area (Å²) in [5, 5.41) is 4.64. The summed E-state index contributed by atoms with van der Waals surface area (Å²) in [5.74, 6) is 1.26. The number of aryl methyl sites for hydroxylation is 1. The molecule has 2 aromatic heterocycles. The average Bonchev–Trinajstić information content (AvgIpc) is 3.11. The molecule has 1 aliphatic heterocycles. The van der Waals surface area contributed by atoms with Crippen molar-refractivity contribution in [2.45, 2.75) is 26.2 Å². The fourth-order valence-corrected chi connectivity index (χ4v) is 3.96. The molecule has 1 fully saturated rings. The second-order valence-electron chi connectivity index (χ2n) is 7.41. The van der Waals surface area contributed by atoms with Gasteiger partial charge in [0.2, 0.25) is 5.95 Å². The minimum absolute atomic E-state index is 0.0815. The lowest BCUT2D eigenvalue weighted by molar-refractivity contribution is 0.0947. The predicted octanol–water partition coefficient (Wildman–Crippen LogP) is 3.96. The predicted molar refractivity (Wildman–Crippen MR) is 112 cm³/mol. The van der Waals surface area contributed by atoms with E-state index in [1.807, 2.05) is 43.5 Å². The Balaban J connectivity index is 1.30. The molecule has 1 atom stereocenters. The van der Waals surface area contributed by atoms with Crippen LogP contribution in [-0.4, -0.2) is 40.5 Å². The molecule has 0 radical (unpaired) electrons. The lowest BCUT2D eigenvalue weighted by Gasteiger charge is -2.32. The summed E-state index contributed by atoms with van der Waals surface area (Å²) in [6.45, 7) is 4.57. The van der Waals surface area contributed by atoms with E-state index < -0.39 is 0 Å². The van der Waals surface area contributed by atoms with Crippen molar-refractivity contribution in [3.8, 4) is 0 Å². The monoisotopic (exact) mass is 397 g/mol. The van der Waals surface area contributed by atoms with Crippen LogP contribution >= 0.6 is 11.6 Å². The van der Waals surface area contributed by atoms with Gasteiger partial charge in [0, 0.05) is 47.5 Å². The number of hydrogen-bond acceptors (Lipinski definition) is 4. The van der Waals surface area contributed by atoms with E-state index in [1.54, 1.807) is 0 Å². The van der Waals surface area contributed by atoms with E-state index >= 15 is 0 Å². The Bertz CT molecular complexity index is 986. The topological polar surface area (TPSA) is 73.9 Å². The molecule has 3 heterocycles. The van der Waals surface area contributed by atoms with Gasteiger partial charge in [-0.2, -0.15) is 0 Å². The first kappa shape index (κ1) is 18.7. The number of fused-ring (bicyclic) bond motifs is 1. The number of nitrogens with one attached hydrogen (secondary N) is 2. The number of piperidine rings is 1. The van der Waals surface area contributed by atoms with Crippen molar-refractivity contribution < 1.29 is 4.79 Å². The van der Waals surface area contributed by atoms with Crippen molar-refractivity contribution in [1.82, 2.24) is 20.3 Å². The molecule has 0 spiro atoms. The van der Waals surface area contributed by atoms with Crippen molar-refractivity contribution in [1.29, 1.82) is 0 Å². The van der Waals surface area contributed by atoms with Gasteiger partial charge in [0.25, 0.3) is 5.91 Å². The summed E-state index contributed by atoms with van der Waals surface area (Å²) < 4.78 is 0. The van der Waals surface area contributed by atoms with E-state index in [-0.39, 0.29) is 5.91 Å². The first-order valence-corrected chi connectivity index (χ1v) is 10.1. The molecule has 0 saturated carbocycles. The molecule has 6 nitrogen and oxygen atoms in total. The average molecular weight is 398 g/mol. The van der Waals surface area contributed by atoms with Gasteiger partial charge in [-0.1, -0.05) is 11.6 Å². The van der Waals surface area contributed by atoms with Crippen LogP contribution in [-0.2, 0) is 0 Å². The molecule has 4 rings (SSSR count). The largest absolute Gasteiger partial charge is 0.351 e. The molecule has 1 aliphatic rings. The van der Waals surface area contributed by atoms with Crippen molar-refractivity contribution in [3.05, 3.63) is 52.9 Å². The van der Waals surface area contributed by atoms with Crippen LogP contribution < -0.4 is 10.2 Å². The van der Waals surface area contributed by atoms with Crippen LogP contribution in [0, 0.1) is 12.8 Å². The van der Waals surface area contributed by atoms with E-state index in [9.17, 15) is 4.79 Å². The molecule has 1 saturated heterocycles. The molecule has 146 valence electrons. The van der Waals surface area contributed by atoms with Crippen LogP contribution in [0.25, 0.3) is 10.9 Å². The third-order valence-corrected chi connectivity index (χ3v) is 5.48. The zero-order valence-corrected chi connectivity index (χ0v) is 16.7. The standard InChI is InChI=1S/C21H24ClN5O/c1-14-6-8-24-21(25-14)27-10-2-3-15(13-27)7-9-23-20(28)19-12-16-11-17(22)4-5-18(16)26-19/h4-6,8,11-12,15,26H,2-3,7,9-10,13H2,1H3,(H,23,28). The Morgan fingerprint density at radius 2 is 2.25 bits per heavy atom. The van der Waals surface area contributed by atoms with Gasteiger partial charge in [-0.25, -0.2) is 9.97 Å². The number of anilines is 1. The van der Waals surface area contributed by atoms with Crippen molar-refractivity contribution in [3.63, 3.8) is 0 Å². The van der Waals surface area contributed by atoms with Crippen molar-refractivity contribution in [2.24, 2.45) is 5.92 Å². The maximum absolute atomic E-state index is 12.5. The van der Waals surface area contributed by atoms with Gasteiger partial charge in [0.15, 0.2) is 0 Å². The smallest absolute Gasteiger partial charge is 0.267 e. The number of rotatable bonds is 5. The maximum Gasteiger partial charge on any atom is 0.267 e. The normalized spacial score (nSPS) is 17.1. The number of carbonyl (C=O) groups is 1. The molecule has 0 aliphatic carbocycles. The summed E-state index contributed by atoms with van der Waals surface area (Å²) in [4.78, 5) is 26.8. The third kappa shape index (κ3) is 4.28. The van der Waals surface area contributed by atoms with Crippen molar-refractivity contribution in [2.75, 3.05) is 24.5 Å². The molecule has 1 unspecified atom stereocenters. The number of hydrogen-bond donors (Lipinski definition) is 2. The number of benzene rings is 1. The second kappa shape index (κ2) is 8.19. The summed E-state index contributed by atoms with van der Waals surface area (Å²) in [6.07, 6.45) is 5.05. The number of nitrogens with zero attached hydrogens (tertiary/aromatic N) is 3. The lowest BCUT2D eigenvalue weighted by atomic mass is 9.95. The molecule has 7 heteroatoms. The molecular formula is C21H24ClN5O. The Hall–Kier alpha value is -2.60. The van der Waals surface area contributed by atoms with Gasteiger partial charge >= 0.3 is 0 Å². The molecule has 0 bridgehead atoms. The fourth-order valence-electron chi connectivity index (χ4n) is 3.78. The maximum atomic E-state index is 12.5. The van der Waals surface area contributed by atoms with Gasteiger partial charge in [-0.05, 0) is 62.4 Å². The minimum Gasteiger partial charge on any atom is -0.351 e. The Labute approximate surface area is 169 Å². The Kier molecular flexibility index (Phi) is 5.48.